The first-order valence-electron chi connectivity index (χ1n) is 11.3. The van der Waals surface area contributed by atoms with Crippen LogP contribution in [0.25, 0.3) is 22.3 Å². The van der Waals surface area contributed by atoms with Crippen molar-refractivity contribution in [2.24, 2.45) is 0 Å². The summed E-state index contributed by atoms with van der Waals surface area (Å²) in [5.41, 5.74) is 4.47. The van der Waals surface area contributed by atoms with Crippen molar-refractivity contribution in [2.45, 2.75) is 37.5 Å². The van der Waals surface area contributed by atoms with Crippen molar-refractivity contribution in [3.63, 3.8) is 0 Å². The molecule has 4 aromatic rings. The predicted molar refractivity (Wildman–Crippen MR) is 129 cm³/mol. The summed E-state index contributed by atoms with van der Waals surface area (Å²) in [4.78, 5) is 13.3. The van der Waals surface area contributed by atoms with Crippen LogP contribution in [0.15, 0.2) is 66.0 Å². The van der Waals surface area contributed by atoms with E-state index in [0.717, 1.165) is 16.7 Å². The minimum atomic E-state index is -3.77. The molecule has 0 radical (unpaired) electrons. The van der Waals surface area contributed by atoms with E-state index < -0.39 is 15.8 Å². The zero-order chi connectivity index (χ0) is 23.9. The van der Waals surface area contributed by atoms with Gasteiger partial charge in [0.25, 0.3) is 0 Å². The molecule has 174 valence electrons. The molecule has 0 saturated carbocycles. The van der Waals surface area contributed by atoms with Gasteiger partial charge in [0.15, 0.2) is 5.82 Å². The van der Waals surface area contributed by atoms with Crippen molar-refractivity contribution in [3.8, 4) is 11.4 Å². The van der Waals surface area contributed by atoms with Gasteiger partial charge in [-0.25, -0.2) is 22.8 Å². The lowest BCUT2D eigenvalue weighted by Gasteiger charge is -2.31. The average molecular weight is 477 g/mol. The monoisotopic (exact) mass is 476 g/mol. The highest BCUT2D eigenvalue weighted by Crippen LogP contribution is 2.33. The van der Waals surface area contributed by atoms with E-state index in [2.05, 4.69) is 34.9 Å². The van der Waals surface area contributed by atoms with E-state index in [-0.39, 0.29) is 16.3 Å². The maximum atomic E-state index is 14.1. The number of fused-ring (bicyclic) bond motifs is 1. The zero-order valence-corrected chi connectivity index (χ0v) is 19.9. The molecule has 1 aliphatic rings. The van der Waals surface area contributed by atoms with Gasteiger partial charge in [-0.2, -0.15) is 4.31 Å². The lowest BCUT2D eigenvalue weighted by molar-refractivity contribution is 0.319. The van der Waals surface area contributed by atoms with Crippen LogP contribution in [-0.4, -0.2) is 40.8 Å². The number of nitrogens with zero attached hydrogens (tertiary/aromatic N) is 4. The maximum absolute atomic E-state index is 14.1. The molecule has 6 nitrogen and oxygen atoms in total. The Balaban J connectivity index is 1.33. The third-order valence-corrected chi connectivity index (χ3v) is 8.70. The van der Waals surface area contributed by atoms with Crippen LogP contribution in [0.5, 0.6) is 0 Å². The molecular formula is C26H25FN4O2S. The highest BCUT2D eigenvalue weighted by atomic mass is 32.2. The van der Waals surface area contributed by atoms with Gasteiger partial charge in [0, 0.05) is 42.6 Å². The van der Waals surface area contributed by atoms with Crippen LogP contribution in [0.2, 0.25) is 0 Å². The molecule has 0 N–H and O–H groups in total. The fourth-order valence-electron chi connectivity index (χ4n) is 4.59. The molecule has 1 saturated heterocycles. The topological polar surface area (TPSA) is 76.1 Å². The van der Waals surface area contributed by atoms with E-state index in [1.54, 1.807) is 12.1 Å². The molecule has 0 amide bonds. The third-order valence-electron chi connectivity index (χ3n) is 6.74. The van der Waals surface area contributed by atoms with E-state index in [1.807, 2.05) is 24.5 Å². The lowest BCUT2D eigenvalue weighted by Crippen LogP contribution is -2.38. The van der Waals surface area contributed by atoms with Gasteiger partial charge in [0.1, 0.15) is 11.3 Å². The highest BCUT2D eigenvalue weighted by Gasteiger charge is 2.31. The summed E-state index contributed by atoms with van der Waals surface area (Å²) >= 11 is 0. The molecule has 0 atom stereocenters. The summed E-state index contributed by atoms with van der Waals surface area (Å²) in [5.74, 6) is 0.352. The van der Waals surface area contributed by atoms with Crippen LogP contribution >= 0.6 is 0 Å². The molecule has 1 fully saturated rings. The Morgan fingerprint density at radius 2 is 1.68 bits per heavy atom. The van der Waals surface area contributed by atoms with E-state index in [0.29, 0.717) is 37.1 Å². The Hall–Kier alpha value is -3.23. The fraction of sp³-hybridized carbons (Fsp3) is 0.269. The second-order valence-corrected chi connectivity index (χ2v) is 10.6. The van der Waals surface area contributed by atoms with Crippen LogP contribution in [0.1, 0.15) is 35.4 Å². The van der Waals surface area contributed by atoms with Gasteiger partial charge >= 0.3 is 0 Å². The first-order chi connectivity index (χ1) is 16.4. The molecule has 0 aliphatic carbocycles. The minimum absolute atomic E-state index is 0.0690. The van der Waals surface area contributed by atoms with Crippen LogP contribution in [0.4, 0.5) is 4.39 Å². The van der Waals surface area contributed by atoms with Gasteiger partial charge in [0.2, 0.25) is 10.0 Å². The van der Waals surface area contributed by atoms with Crippen molar-refractivity contribution >= 4 is 20.9 Å². The molecule has 34 heavy (non-hydrogen) atoms. The second kappa shape index (κ2) is 8.85. The minimum Gasteiger partial charge on any atom is -0.253 e. The zero-order valence-electron chi connectivity index (χ0n) is 19.1. The van der Waals surface area contributed by atoms with Crippen molar-refractivity contribution in [3.05, 3.63) is 83.6 Å². The standard InChI is InChI=1S/C26H25FN4O2S/c1-17-5-3-6-21(18(17)2)26-29-15-20(16-30-26)19-10-13-31(14-11-19)34(32,33)24-9-8-23(27)25-22(24)7-4-12-28-25/h3-9,12,15-16,19H,10-11,13-14H2,1-2H3. The van der Waals surface area contributed by atoms with Gasteiger partial charge in [-0.3, -0.25) is 4.98 Å². The van der Waals surface area contributed by atoms with E-state index in [9.17, 15) is 12.8 Å². The summed E-state index contributed by atoms with van der Waals surface area (Å²) in [6, 6.07) is 11.8. The summed E-state index contributed by atoms with van der Waals surface area (Å²) in [5, 5.41) is 0.306. The molecule has 3 heterocycles. The van der Waals surface area contributed by atoms with Crippen LogP contribution in [-0.2, 0) is 10.0 Å². The van der Waals surface area contributed by atoms with Crippen LogP contribution in [0.3, 0.4) is 0 Å². The van der Waals surface area contributed by atoms with E-state index in [1.165, 1.54) is 28.2 Å². The SMILES string of the molecule is Cc1cccc(-c2ncc(C3CCN(S(=O)(=O)c4ccc(F)c5ncccc45)CC3)cn2)c1C. The number of aromatic nitrogens is 3. The molecule has 2 aromatic heterocycles. The molecule has 2 aromatic carbocycles. The number of hydrogen-bond donors (Lipinski definition) is 0. The highest BCUT2D eigenvalue weighted by molar-refractivity contribution is 7.89. The molecule has 5 rings (SSSR count). The van der Waals surface area contributed by atoms with Crippen LogP contribution < -0.4 is 0 Å². The second-order valence-electron chi connectivity index (χ2n) is 8.71. The summed E-state index contributed by atoms with van der Waals surface area (Å²) < 4.78 is 42.3. The van der Waals surface area contributed by atoms with E-state index >= 15 is 0 Å². The summed E-state index contributed by atoms with van der Waals surface area (Å²) in [6.45, 7) is 4.90. The molecule has 1 aliphatic heterocycles. The predicted octanol–water partition coefficient (Wildman–Crippen LogP) is 5.02. The summed E-state index contributed by atoms with van der Waals surface area (Å²) in [6.07, 6.45) is 6.52. The van der Waals surface area contributed by atoms with Gasteiger partial charge in [-0.1, -0.05) is 18.2 Å². The Bertz CT molecular complexity index is 1460. The molecule has 0 unspecified atom stereocenters. The molecule has 8 heteroatoms. The molecule has 0 spiro atoms. The Kier molecular flexibility index (Phi) is 5.87. The quantitative estimate of drug-likeness (QED) is 0.414. The number of benzene rings is 2. The van der Waals surface area contributed by atoms with Gasteiger partial charge in [0.05, 0.1) is 4.90 Å². The number of pyridine rings is 1. The van der Waals surface area contributed by atoms with Crippen LogP contribution in [0, 0.1) is 19.7 Å². The number of sulfonamides is 1. The Labute approximate surface area is 198 Å². The lowest BCUT2D eigenvalue weighted by atomic mass is 9.92. The smallest absolute Gasteiger partial charge is 0.243 e. The van der Waals surface area contributed by atoms with Gasteiger partial charge < -0.3 is 0 Å². The fourth-order valence-corrected chi connectivity index (χ4v) is 6.24. The number of hydrogen-bond acceptors (Lipinski definition) is 5. The number of rotatable bonds is 4. The number of halogens is 1. The van der Waals surface area contributed by atoms with E-state index in [4.69, 9.17) is 0 Å². The van der Waals surface area contributed by atoms with Crippen molar-refractivity contribution < 1.29 is 12.8 Å². The normalized spacial score (nSPS) is 15.6. The van der Waals surface area contributed by atoms with Crippen molar-refractivity contribution in [1.82, 2.24) is 19.3 Å². The first-order valence-corrected chi connectivity index (χ1v) is 12.7. The Morgan fingerprint density at radius 1 is 0.941 bits per heavy atom. The molecule has 0 bridgehead atoms. The number of aryl methyl sites for hydroxylation is 1. The first kappa shape index (κ1) is 22.6. The number of piperidine rings is 1. The Morgan fingerprint density at radius 3 is 2.41 bits per heavy atom. The van der Waals surface area contributed by atoms with Gasteiger partial charge in [-0.15, -0.1) is 0 Å². The maximum Gasteiger partial charge on any atom is 0.243 e. The summed E-state index contributed by atoms with van der Waals surface area (Å²) in [7, 11) is -3.77. The largest absolute Gasteiger partial charge is 0.253 e. The van der Waals surface area contributed by atoms with Crippen molar-refractivity contribution in [2.75, 3.05) is 13.1 Å². The third kappa shape index (κ3) is 3.97. The average Bonchev–Trinajstić information content (AvgIpc) is 2.86. The molecular weight excluding hydrogens is 451 g/mol. The van der Waals surface area contributed by atoms with Crippen molar-refractivity contribution in [1.29, 1.82) is 0 Å². The van der Waals surface area contributed by atoms with Gasteiger partial charge in [-0.05, 0) is 73.6 Å².